The third kappa shape index (κ3) is 3.16. The molecular formula is C22H15N4O. The summed E-state index contributed by atoms with van der Waals surface area (Å²) in [4.78, 5) is 4.49. The zero-order valence-corrected chi connectivity index (χ0v) is 14.4. The number of nitrogens with zero attached hydrogens (tertiary/aromatic N) is 4. The van der Waals surface area contributed by atoms with Crippen molar-refractivity contribution >= 4 is 17.2 Å². The highest BCUT2D eigenvalue weighted by Crippen LogP contribution is 2.27. The average Bonchev–Trinajstić information content (AvgIpc) is 3.15. The van der Waals surface area contributed by atoms with Gasteiger partial charge in [-0.25, -0.2) is 4.98 Å². The molecule has 129 valence electrons. The van der Waals surface area contributed by atoms with Gasteiger partial charge >= 0.3 is 0 Å². The second kappa shape index (κ2) is 7.14. The van der Waals surface area contributed by atoms with Crippen molar-refractivity contribution in [2.45, 2.75) is 6.42 Å². The molecule has 27 heavy (non-hydrogen) atoms. The molecule has 0 spiro atoms. The summed E-state index contributed by atoms with van der Waals surface area (Å²) in [5.74, 6) is 0. The number of fused-ring (bicyclic) bond motifs is 1. The Labute approximate surface area is 156 Å². The number of hydrogen-bond donors (Lipinski definition) is 1. The van der Waals surface area contributed by atoms with E-state index in [2.05, 4.69) is 28.5 Å². The summed E-state index contributed by atoms with van der Waals surface area (Å²) in [7, 11) is 0. The van der Waals surface area contributed by atoms with Gasteiger partial charge in [0.1, 0.15) is 12.5 Å². The van der Waals surface area contributed by atoms with Crippen LogP contribution in [0.1, 0.15) is 11.1 Å². The molecule has 0 fully saturated rings. The predicted octanol–water partition coefficient (Wildman–Crippen LogP) is 4.44. The van der Waals surface area contributed by atoms with Crippen LogP contribution >= 0.6 is 0 Å². The van der Waals surface area contributed by atoms with Crippen molar-refractivity contribution in [2.75, 3.05) is 0 Å². The molecule has 5 nitrogen and oxygen atoms in total. The van der Waals surface area contributed by atoms with Crippen LogP contribution in [-0.2, 0) is 6.42 Å². The molecule has 4 rings (SSSR count). The first-order valence-electron chi connectivity index (χ1n) is 8.43. The van der Waals surface area contributed by atoms with Crippen LogP contribution in [0.5, 0.6) is 0 Å². The van der Waals surface area contributed by atoms with Crippen molar-refractivity contribution in [3.05, 3.63) is 84.2 Å². The third-order valence-electron chi connectivity index (χ3n) is 4.45. The van der Waals surface area contributed by atoms with Crippen molar-refractivity contribution in [1.82, 2.24) is 9.55 Å². The van der Waals surface area contributed by atoms with E-state index in [9.17, 15) is 5.26 Å². The van der Waals surface area contributed by atoms with Gasteiger partial charge in [0.15, 0.2) is 0 Å². The molecule has 3 aromatic carbocycles. The van der Waals surface area contributed by atoms with E-state index >= 15 is 0 Å². The molecule has 0 aliphatic heterocycles. The van der Waals surface area contributed by atoms with Gasteiger partial charge in [-0.3, -0.25) is 4.57 Å². The fourth-order valence-corrected chi connectivity index (χ4v) is 3.16. The minimum atomic E-state index is 0.430. The van der Waals surface area contributed by atoms with Crippen LogP contribution in [0.4, 0.5) is 0 Å². The fourth-order valence-electron chi connectivity index (χ4n) is 3.16. The van der Waals surface area contributed by atoms with Gasteiger partial charge in [-0.1, -0.05) is 41.6 Å². The molecule has 1 aromatic heterocycles. The predicted molar refractivity (Wildman–Crippen MR) is 104 cm³/mol. The summed E-state index contributed by atoms with van der Waals surface area (Å²) in [6, 6.07) is 23.8. The average molecular weight is 351 g/mol. The Balaban J connectivity index is 1.77. The largest absolute Gasteiger partial charge is 0.411 e. The van der Waals surface area contributed by atoms with Crippen molar-refractivity contribution in [3.63, 3.8) is 0 Å². The first-order valence-corrected chi connectivity index (χ1v) is 8.43. The van der Waals surface area contributed by atoms with Gasteiger partial charge < -0.3 is 5.21 Å². The maximum absolute atomic E-state index is 9.37. The number of nitriles is 1. The minimum Gasteiger partial charge on any atom is -0.411 e. The molecule has 5 heteroatoms. The molecule has 0 saturated carbocycles. The Kier molecular flexibility index (Phi) is 4.38. The molecule has 0 aliphatic carbocycles. The molecule has 4 aromatic rings. The lowest BCUT2D eigenvalue weighted by Crippen LogP contribution is -1.93. The number of rotatable bonds is 4. The Morgan fingerprint density at radius 2 is 1.93 bits per heavy atom. The van der Waals surface area contributed by atoms with Crippen LogP contribution in [0.25, 0.3) is 27.8 Å². The lowest BCUT2D eigenvalue weighted by molar-refractivity contribution is 0.321. The molecule has 1 radical (unpaired) electrons. The number of benzene rings is 3. The molecule has 0 saturated heterocycles. The van der Waals surface area contributed by atoms with Crippen molar-refractivity contribution in [1.29, 1.82) is 5.26 Å². The summed E-state index contributed by atoms with van der Waals surface area (Å²) in [6.07, 6.45) is 4.74. The van der Waals surface area contributed by atoms with Crippen LogP contribution in [-0.4, -0.2) is 21.0 Å². The molecular weight excluding hydrogens is 336 g/mol. The maximum atomic E-state index is 9.37. The van der Waals surface area contributed by atoms with Gasteiger partial charge in [0, 0.05) is 12.1 Å². The summed E-state index contributed by atoms with van der Waals surface area (Å²) in [6.45, 7) is 0. The zero-order chi connectivity index (χ0) is 18.6. The highest BCUT2D eigenvalue weighted by molar-refractivity contribution is 5.80. The van der Waals surface area contributed by atoms with Crippen molar-refractivity contribution in [2.24, 2.45) is 5.16 Å². The van der Waals surface area contributed by atoms with E-state index in [1.165, 1.54) is 0 Å². The molecule has 0 amide bonds. The quantitative estimate of drug-likeness (QED) is 0.335. The highest BCUT2D eigenvalue weighted by Gasteiger charge is 2.09. The second-order valence-corrected chi connectivity index (χ2v) is 6.08. The Hall–Kier alpha value is -3.91. The van der Waals surface area contributed by atoms with E-state index in [1.54, 1.807) is 6.33 Å². The topological polar surface area (TPSA) is 74.2 Å². The van der Waals surface area contributed by atoms with Crippen molar-refractivity contribution in [3.8, 4) is 22.9 Å². The van der Waals surface area contributed by atoms with Crippen LogP contribution in [0, 0.1) is 11.3 Å². The standard InChI is InChI=1S/C22H15N4O/c23-14-18-4-1-2-7-20(18)17-5-3-6-19(13-17)26-15-24-21-12-16(10-11-25-27)8-9-22(21)26/h1-9,12-13,15,27H,10H2. The van der Waals surface area contributed by atoms with Crippen LogP contribution in [0.15, 0.2) is 78.2 Å². The van der Waals surface area contributed by atoms with Crippen LogP contribution in [0.2, 0.25) is 0 Å². The molecule has 0 bridgehead atoms. The number of hydrogen-bond acceptors (Lipinski definition) is 4. The first kappa shape index (κ1) is 16.6. The smallest absolute Gasteiger partial charge is 0.109 e. The molecule has 0 unspecified atom stereocenters. The Morgan fingerprint density at radius 1 is 1.04 bits per heavy atom. The van der Waals surface area contributed by atoms with Gasteiger partial charge in [-0.2, -0.15) is 5.26 Å². The molecule has 0 aliphatic rings. The third-order valence-corrected chi connectivity index (χ3v) is 4.45. The van der Waals surface area contributed by atoms with Gasteiger partial charge in [0.25, 0.3) is 0 Å². The first-order chi connectivity index (χ1) is 13.3. The van der Waals surface area contributed by atoms with E-state index in [0.29, 0.717) is 12.0 Å². The second-order valence-electron chi connectivity index (χ2n) is 6.08. The SMILES string of the molecule is N#Cc1ccccc1-c1cccc(-n2cnc3cc(C[C]=NO)ccc32)c1. The highest BCUT2D eigenvalue weighted by atomic mass is 16.4. The lowest BCUT2D eigenvalue weighted by Gasteiger charge is -2.09. The van der Waals surface area contributed by atoms with E-state index in [1.807, 2.05) is 65.2 Å². The van der Waals surface area contributed by atoms with Crippen LogP contribution in [0.3, 0.4) is 0 Å². The van der Waals surface area contributed by atoms with Gasteiger partial charge in [-0.15, -0.1) is 0 Å². The molecule has 1 N–H and O–H groups in total. The van der Waals surface area contributed by atoms with Gasteiger partial charge in [-0.05, 0) is 47.0 Å². The number of aromatic nitrogens is 2. The summed E-state index contributed by atoms with van der Waals surface area (Å²) in [5.41, 5.74) is 6.32. The van der Waals surface area contributed by atoms with Crippen molar-refractivity contribution < 1.29 is 5.21 Å². The fraction of sp³-hybridized carbons (Fsp3) is 0.0455. The van der Waals surface area contributed by atoms with Gasteiger partial charge in [0.2, 0.25) is 0 Å². The minimum absolute atomic E-state index is 0.430. The molecule has 0 atom stereocenters. The summed E-state index contributed by atoms with van der Waals surface area (Å²) < 4.78 is 2.02. The van der Waals surface area contributed by atoms with Gasteiger partial charge in [0.05, 0.1) is 22.7 Å². The Bertz CT molecular complexity index is 1180. The van der Waals surface area contributed by atoms with E-state index in [4.69, 9.17) is 5.21 Å². The number of imidazole rings is 1. The van der Waals surface area contributed by atoms with Crippen LogP contribution < -0.4 is 0 Å². The van der Waals surface area contributed by atoms with E-state index in [0.717, 1.165) is 33.4 Å². The van der Waals surface area contributed by atoms with E-state index in [-0.39, 0.29) is 0 Å². The molecule has 1 heterocycles. The monoisotopic (exact) mass is 351 g/mol. The maximum Gasteiger partial charge on any atom is 0.109 e. The summed E-state index contributed by atoms with van der Waals surface area (Å²) >= 11 is 0. The Morgan fingerprint density at radius 3 is 2.78 bits per heavy atom. The lowest BCUT2D eigenvalue weighted by atomic mass is 10.00. The van der Waals surface area contributed by atoms with E-state index < -0.39 is 0 Å². The summed E-state index contributed by atoms with van der Waals surface area (Å²) in [5, 5.41) is 20.8. The zero-order valence-electron chi connectivity index (χ0n) is 14.4. The normalized spacial score (nSPS) is 11.1.